The van der Waals surface area contributed by atoms with Crippen molar-refractivity contribution in [2.45, 2.75) is 19.4 Å². The molecular weight excluding hydrogens is 341 g/mol. The molecule has 2 aromatic rings. The topological polar surface area (TPSA) is 21.7 Å². The second kappa shape index (κ2) is 9.18. The minimum atomic E-state index is -0.337. The summed E-state index contributed by atoms with van der Waals surface area (Å²) in [6, 6.07) is 12.5. The van der Waals surface area contributed by atoms with Crippen molar-refractivity contribution in [3.05, 3.63) is 64.4 Å². The molecule has 0 N–H and O–H groups in total. The number of ether oxygens (including phenoxy) is 2. The molecule has 0 saturated carbocycles. The lowest BCUT2D eigenvalue weighted by Gasteiger charge is -2.26. The van der Waals surface area contributed by atoms with Gasteiger partial charge in [0.25, 0.3) is 0 Å². The summed E-state index contributed by atoms with van der Waals surface area (Å²) in [4.78, 5) is 2.44. The Balaban J connectivity index is 1.48. The van der Waals surface area contributed by atoms with Crippen LogP contribution in [0.2, 0.25) is 5.02 Å². The smallest absolute Gasteiger partial charge is 0.124 e. The van der Waals surface area contributed by atoms with Gasteiger partial charge in [-0.2, -0.15) is 0 Å². The number of hydrogen-bond acceptors (Lipinski definition) is 3. The third kappa shape index (κ3) is 5.70. The van der Waals surface area contributed by atoms with E-state index < -0.39 is 0 Å². The van der Waals surface area contributed by atoms with Gasteiger partial charge in [-0.1, -0.05) is 29.8 Å². The first-order valence-electron chi connectivity index (χ1n) is 8.66. The van der Waals surface area contributed by atoms with Crippen LogP contribution < -0.4 is 4.74 Å². The maximum atomic E-state index is 13.1. The van der Waals surface area contributed by atoms with Gasteiger partial charge in [0.2, 0.25) is 0 Å². The highest BCUT2D eigenvalue weighted by Gasteiger charge is 2.09. The molecule has 0 amide bonds. The predicted molar refractivity (Wildman–Crippen MR) is 97.8 cm³/mol. The Hall–Kier alpha value is -1.62. The molecule has 134 valence electrons. The SMILES string of the molecule is Fc1ccc(COc2cccc(CCCN3CCOCC3)c2)c(Cl)c1. The van der Waals surface area contributed by atoms with Gasteiger partial charge in [0.05, 0.1) is 18.2 Å². The van der Waals surface area contributed by atoms with Gasteiger partial charge in [-0.25, -0.2) is 4.39 Å². The molecule has 0 aromatic heterocycles. The van der Waals surface area contributed by atoms with Crippen molar-refractivity contribution in [2.24, 2.45) is 0 Å². The first-order chi connectivity index (χ1) is 12.2. The fraction of sp³-hybridized carbons (Fsp3) is 0.400. The van der Waals surface area contributed by atoms with E-state index >= 15 is 0 Å². The van der Waals surface area contributed by atoms with Gasteiger partial charge in [0.15, 0.2) is 0 Å². The van der Waals surface area contributed by atoms with Crippen molar-refractivity contribution in [3.63, 3.8) is 0 Å². The lowest BCUT2D eigenvalue weighted by Crippen LogP contribution is -2.36. The van der Waals surface area contributed by atoms with Crippen molar-refractivity contribution in [3.8, 4) is 5.75 Å². The zero-order valence-electron chi connectivity index (χ0n) is 14.2. The molecule has 1 fully saturated rings. The van der Waals surface area contributed by atoms with E-state index in [2.05, 4.69) is 17.0 Å². The Morgan fingerprint density at radius 1 is 1.12 bits per heavy atom. The van der Waals surface area contributed by atoms with Crippen molar-refractivity contribution >= 4 is 11.6 Å². The second-order valence-electron chi connectivity index (χ2n) is 6.23. The Morgan fingerprint density at radius 2 is 1.96 bits per heavy atom. The number of morpholine rings is 1. The first kappa shape index (κ1) is 18.2. The van der Waals surface area contributed by atoms with Crippen molar-refractivity contribution < 1.29 is 13.9 Å². The molecule has 0 unspecified atom stereocenters. The highest BCUT2D eigenvalue weighted by molar-refractivity contribution is 6.31. The minimum Gasteiger partial charge on any atom is -0.489 e. The fourth-order valence-electron chi connectivity index (χ4n) is 2.92. The standard InChI is InChI=1S/C20H23ClFNO2/c21-20-14-18(22)7-6-17(20)15-25-19-5-1-3-16(13-19)4-2-8-23-9-11-24-12-10-23/h1,3,5-7,13-14H,2,4,8-12,15H2. The van der Waals surface area contributed by atoms with E-state index in [0.717, 1.165) is 57.0 Å². The van der Waals surface area contributed by atoms with E-state index in [9.17, 15) is 4.39 Å². The van der Waals surface area contributed by atoms with E-state index in [1.165, 1.54) is 17.7 Å². The average Bonchev–Trinajstić information content (AvgIpc) is 2.62. The van der Waals surface area contributed by atoms with E-state index in [-0.39, 0.29) is 5.82 Å². The maximum absolute atomic E-state index is 13.1. The van der Waals surface area contributed by atoms with Crippen molar-refractivity contribution in [2.75, 3.05) is 32.8 Å². The molecule has 5 heteroatoms. The molecule has 1 aliphatic rings. The predicted octanol–water partition coefficient (Wildman–Crippen LogP) is 4.32. The molecule has 1 aliphatic heterocycles. The van der Waals surface area contributed by atoms with Crippen molar-refractivity contribution in [1.29, 1.82) is 0 Å². The average molecular weight is 364 g/mol. The van der Waals surface area contributed by atoms with Crippen LogP contribution in [-0.2, 0) is 17.8 Å². The van der Waals surface area contributed by atoms with Gasteiger partial charge in [-0.05, 0) is 49.2 Å². The van der Waals surface area contributed by atoms with Crippen LogP contribution in [0.15, 0.2) is 42.5 Å². The molecule has 1 heterocycles. The summed E-state index contributed by atoms with van der Waals surface area (Å²) < 4.78 is 24.3. The van der Waals surface area contributed by atoms with E-state index in [1.807, 2.05) is 12.1 Å². The highest BCUT2D eigenvalue weighted by atomic mass is 35.5. The third-order valence-corrected chi connectivity index (χ3v) is 4.70. The van der Waals surface area contributed by atoms with E-state index in [4.69, 9.17) is 21.1 Å². The number of aryl methyl sites for hydroxylation is 1. The monoisotopic (exact) mass is 363 g/mol. The summed E-state index contributed by atoms with van der Waals surface area (Å²) in [5.74, 6) is 0.472. The summed E-state index contributed by atoms with van der Waals surface area (Å²) in [6.07, 6.45) is 2.14. The Labute approximate surface area is 153 Å². The van der Waals surface area contributed by atoms with Crippen LogP contribution in [0.4, 0.5) is 4.39 Å². The van der Waals surface area contributed by atoms with E-state index in [0.29, 0.717) is 11.6 Å². The lowest BCUT2D eigenvalue weighted by atomic mass is 10.1. The minimum absolute atomic E-state index is 0.330. The second-order valence-corrected chi connectivity index (χ2v) is 6.64. The van der Waals surface area contributed by atoms with Gasteiger partial charge >= 0.3 is 0 Å². The van der Waals surface area contributed by atoms with Crippen LogP contribution in [0.25, 0.3) is 0 Å². The molecule has 0 atom stereocenters. The van der Waals surface area contributed by atoms with Crippen LogP contribution in [0.5, 0.6) is 5.75 Å². The van der Waals surface area contributed by atoms with Gasteiger partial charge in [-0.15, -0.1) is 0 Å². The third-order valence-electron chi connectivity index (χ3n) is 4.35. The van der Waals surface area contributed by atoms with Crippen LogP contribution in [0.3, 0.4) is 0 Å². The summed E-state index contributed by atoms with van der Waals surface area (Å²) in [5, 5.41) is 0.390. The zero-order chi connectivity index (χ0) is 17.5. The molecule has 0 spiro atoms. The summed E-state index contributed by atoms with van der Waals surface area (Å²) >= 11 is 6.04. The summed E-state index contributed by atoms with van der Waals surface area (Å²) in [6.45, 7) is 5.17. The normalized spacial score (nSPS) is 15.3. The van der Waals surface area contributed by atoms with Gasteiger partial charge in [0, 0.05) is 18.7 Å². The fourth-order valence-corrected chi connectivity index (χ4v) is 3.14. The van der Waals surface area contributed by atoms with Gasteiger partial charge in [-0.3, -0.25) is 4.90 Å². The van der Waals surface area contributed by atoms with Crippen LogP contribution in [0, 0.1) is 5.82 Å². The molecule has 0 aliphatic carbocycles. The van der Waals surface area contributed by atoms with Crippen LogP contribution in [-0.4, -0.2) is 37.7 Å². The molecule has 2 aromatic carbocycles. The quantitative estimate of drug-likeness (QED) is 0.731. The Morgan fingerprint density at radius 3 is 2.76 bits per heavy atom. The summed E-state index contributed by atoms with van der Waals surface area (Å²) in [5.41, 5.74) is 2.04. The molecule has 3 nitrogen and oxygen atoms in total. The lowest BCUT2D eigenvalue weighted by molar-refractivity contribution is 0.0374. The van der Waals surface area contributed by atoms with Gasteiger partial charge < -0.3 is 9.47 Å². The van der Waals surface area contributed by atoms with Crippen LogP contribution >= 0.6 is 11.6 Å². The number of nitrogens with zero attached hydrogens (tertiary/aromatic N) is 1. The van der Waals surface area contributed by atoms with Gasteiger partial charge in [0.1, 0.15) is 18.2 Å². The van der Waals surface area contributed by atoms with Crippen LogP contribution in [0.1, 0.15) is 17.5 Å². The first-order valence-corrected chi connectivity index (χ1v) is 9.04. The molecular formula is C20H23ClFNO2. The molecule has 3 rings (SSSR count). The Bertz CT molecular complexity index is 689. The Kier molecular flexibility index (Phi) is 6.68. The molecule has 1 saturated heterocycles. The van der Waals surface area contributed by atoms with E-state index in [1.54, 1.807) is 6.07 Å². The number of benzene rings is 2. The molecule has 0 bridgehead atoms. The molecule has 0 radical (unpaired) electrons. The number of rotatable bonds is 7. The number of halogens is 2. The largest absolute Gasteiger partial charge is 0.489 e. The molecule has 25 heavy (non-hydrogen) atoms. The maximum Gasteiger partial charge on any atom is 0.124 e. The summed E-state index contributed by atoms with van der Waals surface area (Å²) in [7, 11) is 0. The number of hydrogen-bond donors (Lipinski definition) is 0. The highest BCUT2D eigenvalue weighted by Crippen LogP contribution is 2.21. The van der Waals surface area contributed by atoms with Crippen molar-refractivity contribution in [1.82, 2.24) is 4.90 Å². The zero-order valence-corrected chi connectivity index (χ0v) is 15.0.